The van der Waals surface area contributed by atoms with Gasteiger partial charge in [0.05, 0.1) is 0 Å². The summed E-state index contributed by atoms with van der Waals surface area (Å²) < 4.78 is 5.26. The first-order valence-corrected chi connectivity index (χ1v) is 8.07. The van der Waals surface area contributed by atoms with Crippen LogP contribution in [-0.2, 0) is 6.54 Å². The molecule has 0 spiro atoms. The smallest absolute Gasteiger partial charge is 0.336 e. The van der Waals surface area contributed by atoms with E-state index in [4.69, 9.17) is 16.0 Å². The molecule has 0 saturated carbocycles. The Kier molecular flexibility index (Phi) is 4.60. The van der Waals surface area contributed by atoms with E-state index in [0.717, 1.165) is 16.5 Å². The maximum Gasteiger partial charge on any atom is 0.336 e. The van der Waals surface area contributed by atoms with Crippen LogP contribution in [0.3, 0.4) is 0 Å². The van der Waals surface area contributed by atoms with Crippen LogP contribution in [0.5, 0.6) is 5.75 Å². The van der Waals surface area contributed by atoms with Crippen LogP contribution in [0.15, 0.2) is 51.7 Å². The Balaban J connectivity index is 1.89. The zero-order valence-corrected chi connectivity index (χ0v) is 14.2. The minimum Gasteiger partial charge on any atom is -0.508 e. The highest BCUT2D eigenvalue weighted by Gasteiger charge is 2.12. The van der Waals surface area contributed by atoms with E-state index in [-0.39, 0.29) is 11.8 Å². The molecule has 5 heteroatoms. The standard InChI is InChI=1S/C19H18ClNO3/c1-11-17(22)8-7-16-14(9-18(23)24-19(11)16)10-21-12(2)13-3-5-15(20)6-4-13/h3-9,12,21-22H,10H2,1-2H3/t12-/m0/s1. The first-order valence-electron chi connectivity index (χ1n) is 7.70. The van der Waals surface area contributed by atoms with Crippen LogP contribution in [0.1, 0.15) is 29.7 Å². The van der Waals surface area contributed by atoms with E-state index in [1.807, 2.05) is 31.2 Å². The van der Waals surface area contributed by atoms with Crippen molar-refractivity contribution in [2.75, 3.05) is 0 Å². The molecule has 0 unspecified atom stereocenters. The van der Waals surface area contributed by atoms with E-state index in [1.54, 1.807) is 19.1 Å². The predicted octanol–water partition coefficient (Wildman–Crippen LogP) is 4.31. The zero-order valence-electron chi connectivity index (χ0n) is 13.5. The van der Waals surface area contributed by atoms with Gasteiger partial charge in [0.25, 0.3) is 0 Å². The van der Waals surface area contributed by atoms with Gasteiger partial charge in [-0.15, -0.1) is 0 Å². The highest BCUT2D eigenvalue weighted by atomic mass is 35.5. The molecule has 2 aromatic carbocycles. The molecule has 0 radical (unpaired) electrons. The Morgan fingerprint density at radius 3 is 2.62 bits per heavy atom. The summed E-state index contributed by atoms with van der Waals surface area (Å²) in [5, 5.41) is 14.7. The summed E-state index contributed by atoms with van der Waals surface area (Å²) in [4.78, 5) is 11.8. The zero-order chi connectivity index (χ0) is 17.3. The molecule has 4 nitrogen and oxygen atoms in total. The molecule has 0 aliphatic carbocycles. The summed E-state index contributed by atoms with van der Waals surface area (Å²) in [6.45, 7) is 4.29. The fourth-order valence-electron chi connectivity index (χ4n) is 2.69. The van der Waals surface area contributed by atoms with Crippen molar-refractivity contribution in [3.05, 3.63) is 74.6 Å². The monoisotopic (exact) mass is 343 g/mol. The minimum absolute atomic E-state index is 0.0998. The molecule has 24 heavy (non-hydrogen) atoms. The molecule has 124 valence electrons. The van der Waals surface area contributed by atoms with E-state index in [1.165, 1.54) is 6.07 Å². The number of hydrogen-bond acceptors (Lipinski definition) is 4. The molecular weight excluding hydrogens is 326 g/mol. The first-order chi connectivity index (χ1) is 11.5. The molecule has 3 rings (SSSR count). The summed E-state index contributed by atoms with van der Waals surface area (Å²) >= 11 is 5.91. The molecule has 1 heterocycles. The maximum atomic E-state index is 11.8. The van der Waals surface area contributed by atoms with E-state index < -0.39 is 5.63 Å². The highest BCUT2D eigenvalue weighted by molar-refractivity contribution is 6.30. The van der Waals surface area contributed by atoms with Crippen molar-refractivity contribution in [2.24, 2.45) is 0 Å². The van der Waals surface area contributed by atoms with Crippen LogP contribution in [0, 0.1) is 6.92 Å². The third-order valence-corrected chi connectivity index (χ3v) is 4.44. The van der Waals surface area contributed by atoms with Crippen LogP contribution in [0.4, 0.5) is 0 Å². The van der Waals surface area contributed by atoms with Crippen LogP contribution >= 0.6 is 11.6 Å². The number of aromatic hydroxyl groups is 1. The van der Waals surface area contributed by atoms with Gasteiger partial charge in [0, 0.05) is 34.6 Å². The van der Waals surface area contributed by atoms with Gasteiger partial charge in [0.15, 0.2) is 0 Å². The lowest BCUT2D eigenvalue weighted by molar-refractivity contribution is 0.468. The fraction of sp³-hybridized carbons (Fsp3) is 0.211. The predicted molar refractivity (Wildman–Crippen MR) is 95.6 cm³/mol. The van der Waals surface area contributed by atoms with Crippen molar-refractivity contribution in [3.63, 3.8) is 0 Å². The molecule has 0 fully saturated rings. The van der Waals surface area contributed by atoms with Gasteiger partial charge in [-0.05, 0) is 49.2 Å². The highest BCUT2D eigenvalue weighted by Crippen LogP contribution is 2.27. The van der Waals surface area contributed by atoms with Gasteiger partial charge in [0.2, 0.25) is 0 Å². The number of rotatable bonds is 4. The Labute approximate surface area is 144 Å². The summed E-state index contributed by atoms with van der Waals surface area (Å²) in [6, 6.07) is 12.6. The Morgan fingerprint density at radius 1 is 1.21 bits per heavy atom. The second-order valence-electron chi connectivity index (χ2n) is 5.83. The van der Waals surface area contributed by atoms with Crippen molar-refractivity contribution in [2.45, 2.75) is 26.4 Å². The van der Waals surface area contributed by atoms with Gasteiger partial charge in [0.1, 0.15) is 11.3 Å². The fourth-order valence-corrected chi connectivity index (χ4v) is 2.82. The number of aryl methyl sites for hydroxylation is 1. The number of phenolic OH excluding ortho intramolecular Hbond substituents is 1. The molecule has 0 aliphatic heterocycles. The van der Waals surface area contributed by atoms with Gasteiger partial charge in [-0.1, -0.05) is 23.7 Å². The van der Waals surface area contributed by atoms with Crippen molar-refractivity contribution in [1.29, 1.82) is 0 Å². The van der Waals surface area contributed by atoms with Gasteiger partial charge in [-0.25, -0.2) is 4.79 Å². The average molecular weight is 344 g/mol. The van der Waals surface area contributed by atoms with Gasteiger partial charge < -0.3 is 14.8 Å². The molecule has 0 aliphatic rings. The van der Waals surface area contributed by atoms with E-state index in [2.05, 4.69) is 5.32 Å². The van der Waals surface area contributed by atoms with Crippen molar-refractivity contribution in [1.82, 2.24) is 5.32 Å². The summed E-state index contributed by atoms with van der Waals surface area (Å²) in [7, 11) is 0. The lowest BCUT2D eigenvalue weighted by atomic mass is 10.0. The van der Waals surface area contributed by atoms with E-state index >= 15 is 0 Å². The molecule has 2 N–H and O–H groups in total. The van der Waals surface area contributed by atoms with E-state index in [9.17, 15) is 9.90 Å². The second kappa shape index (κ2) is 6.67. The lowest BCUT2D eigenvalue weighted by Crippen LogP contribution is -2.19. The first kappa shape index (κ1) is 16.6. The van der Waals surface area contributed by atoms with Crippen LogP contribution in [-0.4, -0.2) is 5.11 Å². The van der Waals surface area contributed by atoms with Crippen LogP contribution in [0.25, 0.3) is 11.0 Å². The van der Waals surface area contributed by atoms with Gasteiger partial charge >= 0.3 is 5.63 Å². The Hall–Kier alpha value is -2.30. The number of fused-ring (bicyclic) bond motifs is 1. The largest absolute Gasteiger partial charge is 0.508 e. The average Bonchev–Trinajstić information content (AvgIpc) is 2.56. The third-order valence-electron chi connectivity index (χ3n) is 4.19. The van der Waals surface area contributed by atoms with Gasteiger partial charge in [-0.3, -0.25) is 0 Å². The minimum atomic E-state index is -0.424. The normalized spacial score (nSPS) is 12.5. The van der Waals surface area contributed by atoms with Crippen molar-refractivity contribution >= 4 is 22.6 Å². The number of hydrogen-bond donors (Lipinski definition) is 2. The van der Waals surface area contributed by atoms with Crippen molar-refractivity contribution < 1.29 is 9.52 Å². The molecule has 0 amide bonds. The summed E-state index contributed by atoms with van der Waals surface area (Å²) in [6.07, 6.45) is 0. The maximum absolute atomic E-state index is 11.8. The van der Waals surface area contributed by atoms with Crippen LogP contribution < -0.4 is 10.9 Å². The Morgan fingerprint density at radius 2 is 1.92 bits per heavy atom. The Bertz CT molecular complexity index is 932. The quantitative estimate of drug-likeness (QED) is 0.693. The topological polar surface area (TPSA) is 62.5 Å². The summed E-state index contributed by atoms with van der Waals surface area (Å²) in [5.41, 5.74) is 2.52. The van der Waals surface area contributed by atoms with Crippen LogP contribution in [0.2, 0.25) is 5.02 Å². The molecule has 1 atom stereocenters. The molecular formula is C19H18ClNO3. The molecule has 3 aromatic rings. The molecule has 1 aromatic heterocycles. The second-order valence-corrected chi connectivity index (χ2v) is 6.27. The number of phenols is 1. The van der Waals surface area contributed by atoms with Crippen molar-refractivity contribution in [3.8, 4) is 5.75 Å². The SMILES string of the molecule is Cc1c(O)ccc2c(CN[C@@H](C)c3ccc(Cl)cc3)cc(=O)oc12. The lowest BCUT2D eigenvalue weighted by Gasteiger charge is -2.15. The van der Waals surface area contributed by atoms with E-state index in [0.29, 0.717) is 22.7 Å². The number of nitrogens with one attached hydrogen (secondary N) is 1. The molecule has 0 bridgehead atoms. The number of halogens is 1. The van der Waals surface area contributed by atoms with Gasteiger partial charge in [-0.2, -0.15) is 0 Å². The third kappa shape index (κ3) is 3.30. The summed E-state index contributed by atoms with van der Waals surface area (Å²) in [5.74, 6) is 0.116. The molecule has 0 saturated heterocycles. The number of benzene rings is 2.